The Morgan fingerprint density at radius 3 is 2.72 bits per heavy atom. The molecule has 0 bridgehead atoms. The second-order valence-corrected chi connectivity index (χ2v) is 5.59. The van der Waals surface area contributed by atoms with E-state index in [0.29, 0.717) is 18.3 Å². The van der Waals surface area contributed by atoms with Crippen LogP contribution in [0.25, 0.3) is 0 Å². The minimum atomic E-state index is -4.30. The van der Waals surface area contributed by atoms with Crippen LogP contribution in [-0.2, 0) is 6.18 Å². The Morgan fingerprint density at radius 2 is 2.06 bits per heavy atom. The predicted octanol–water partition coefficient (Wildman–Crippen LogP) is 3.66. The van der Waals surface area contributed by atoms with E-state index in [9.17, 15) is 13.2 Å². The van der Waals surface area contributed by atoms with E-state index in [1.54, 1.807) is 0 Å². The third-order valence-corrected chi connectivity index (χ3v) is 4.05. The quantitative estimate of drug-likeness (QED) is 0.912. The lowest BCUT2D eigenvalue weighted by atomic mass is 10.0. The molecule has 2 rings (SSSR count). The van der Waals surface area contributed by atoms with Crippen LogP contribution in [0.5, 0.6) is 0 Å². The highest BCUT2D eigenvalue weighted by Gasteiger charge is 2.30. The van der Waals surface area contributed by atoms with Gasteiger partial charge in [0.2, 0.25) is 0 Å². The first kappa shape index (κ1) is 13.5. The Morgan fingerprint density at radius 1 is 1.33 bits per heavy atom. The summed E-state index contributed by atoms with van der Waals surface area (Å²) in [4.78, 5) is 3.92. The number of anilines is 1. The van der Waals surface area contributed by atoms with E-state index in [-0.39, 0.29) is 0 Å². The minimum absolute atomic E-state index is 0.308. The van der Waals surface area contributed by atoms with Gasteiger partial charge in [-0.3, -0.25) is 0 Å². The van der Waals surface area contributed by atoms with Crippen molar-refractivity contribution >= 4 is 17.6 Å². The third-order valence-electron chi connectivity index (χ3n) is 3.00. The summed E-state index contributed by atoms with van der Waals surface area (Å²) >= 11 is 1.93. The lowest BCUT2D eigenvalue weighted by Crippen LogP contribution is -2.19. The molecule has 1 N–H and O–H groups in total. The van der Waals surface area contributed by atoms with Crippen molar-refractivity contribution in [2.24, 2.45) is 5.92 Å². The number of aromatic nitrogens is 1. The van der Waals surface area contributed by atoms with Gasteiger partial charge in [0.15, 0.2) is 0 Å². The molecule has 0 aliphatic carbocycles. The second kappa shape index (κ2) is 5.82. The molecule has 6 heteroatoms. The van der Waals surface area contributed by atoms with Gasteiger partial charge in [-0.25, -0.2) is 4.98 Å². The summed E-state index contributed by atoms with van der Waals surface area (Å²) in [6, 6.07) is 2.06. The summed E-state index contributed by atoms with van der Waals surface area (Å²) in [6.45, 7) is 0.703. The van der Waals surface area contributed by atoms with E-state index in [0.717, 1.165) is 36.5 Å². The molecule has 1 aliphatic heterocycles. The largest absolute Gasteiger partial charge is 0.416 e. The predicted molar refractivity (Wildman–Crippen MR) is 67.8 cm³/mol. The van der Waals surface area contributed by atoms with Gasteiger partial charge in [-0.05, 0) is 42.4 Å². The number of hydrogen-bond acceptors (Lipinski definition) is 3. The van der Waals surface area contributed by atoms with Gasteiger partial charge < -0.3 is 5.32 Å². The number of rotatable bonds is 3. The zero-order valence-electron chi connectivity index (χ0n) is 9.83. The molecule has 2 nitrogen and oxygen atoms in total. The van der Waals surface area contributed by atoms with E-state index in [1.807, 2.05) is 11.8 Å². The fraction of sp³-hybridized carbons (Fsp3) is 0.583. The molecule has 0 saturated carbocycles. The van der Waals surface area contributed by atoms with Gasteiger partial charge in [-0.2, -0.15) is 24.9 Å². The maximum Gasteiger partial charge on any atom is 0.416 e. The Labute approximate surface area is 108 Å². The summed E-state index contributed by atoms with van der Waals surface area (Å²) < 4.78 is 37.5. The molecule has 1 aromatic rings. The molecule has 0 unspecified atom stereocenters. The molecule has 0 atom stereocenters. The van der Waals surface area contributed by atoms with Crippen molar-refractivity contribution in [3.63, 3.8) is 0 Å². The molecule has 2 heterocycles. The molecule has 0 spiro atoms. The minimum Gasteiger partial charge on any atom is -0.370 e. The summed E-state index contributed by atoms with van der Waals surface area (Å²) in [5.41, 5.74) is -0.654. The zero-order valence-corrected chi connectivity index (χ0v) is 10.7. The Bertz CT molecular complexity index is 389. The van der Waals surface area contributed by atoms with E-state index in [1.165, 1.54) is 6.20 Å². The van der Waals surface area contributed by atoms with Crippen LogP contribution in [0.15, 0.2) is 18.3 Å². The Balaban J connectivity index is 1.92. The van der Waals surface area contributed by atoms with Crippen LogP contribution < -0.4 is 5.32 Å². The normalized spacial score (nSPS) is 17.7. The highest BCUT2D eigenvalue weighted by atomic mass is 32.2. The molecular weight excluding hydrogens is 261 g/mol. The fourth-order valence-electron chi connectivity index (χ4n) is 1.90. The lowest BCUT2D eigenvalue weighted by Gasteiger charge is -2.21. The molecule has 1 saturated heterocycles. The van der Waals surface area contributed by atoms with Crippen molar-refractivity contribution in [3.05, 3.63) is 23.9 Å². The monoisotopic (exact) mass is 276 g/mol. The van der Waals surface area contributed by atoms with Crippen molar-refractivity contribution in [2.45, 2.75) is 19.0 Å². The van der Waals surface area contributed by atoms with Crippen LogP contribution >= 0.6 is 11.8 Å². The van der Waals surface area contributed by atoms with Gasteiger partial charge in [0, 0.05) is 12.7 Å². The van der Waals surface area contributed by atoms with Crippen molar-refractivity contribution < 1.29 is 13.2 Å². The average molecular weight is 276 g/mol. The van der Waals surface area contributed by atoms with E-state index < -0.39 is 11.7 Å². The standard InChI is InChI=1S/C12H15F3N2S/c13-12(14,15)10-1-4-16-11(7-10)17-8-9-2-5-18-6-3-9/h1,4,7,9H,2-3,5-6,8H2,(H,16,17). The number of halogens is 3. The summed E-state index contributed by atoms with van der Waals surface area (Å²) in [5, 5.41) is 3.01. The van der Waals surface area contributed by atoms with Crippen LogP contribution in [0.4, 0.5) is 19.0 Å². The molecule has 0 amide bonds. The molecule has 0 radical (unpaired) electrons. The second-order valence-electron chi connectivity index (χ2n) is 4.36. The van der Waals surface area contributed by atoms with Crippen LogP contribution in [0.3, 0.4) is 0 Å². The van der Waals surface area contributed by atoms with Gasteiger partial charge in [-0.1, -0.05) is 0 Å². The highest BCUT2D eigenvalue weighted by Crippen LogP contribution is 2.30. The number of nitrogens with one attached hydrogen (secondary N) is 1. The molecule has 100 valence electrons. The lowest BCUT2D eigenvalue weighted by molar-refractivity contribution is -0.137. The van der Waals surface area contributed by atoms with Crippen LogP contribution in [0.2, 0.25) is 0 Å². The Hall–Kier alpha value is -0.910. The SMILES string of the molecule is FC(F)(F)c1ccnc(NCC2CCSCC2)c1. The van der Waals surface area contributed by atoms with Crippen LogP contribution in [-0.4, -0.2) is 23.0 Å². The number of alkyl halides is 3. The summed E-state index contributed by atoms with van der Waals surface area (Å²) in [7, 11) is 0. The van der Waals surface area contributed by atoms with Crippen LogP contribution in [0, 0.1) is 5.92 Å². The van der Waals surface area contributed by atoms with Gasteiger partial charge in [0.1, 0.15) is 5.82 Å². The van der Waals surface area contributed by atoms with E-state index in [2.05, 4.69) is 10.3 Å². The zero-order chi connectivity index (χ0) is 13.0. The van der Waals surface area contributed by atoms with Gasteiger partial charge in [0.25, 0.3) is 0 Å². The molecule has 1 aromatic heterocycles. The summed E-state index contributed by atoms with van der Waals surface area (Å²) in [5.74, 6) is 3.13. The molecule has 0 aromatic carbocycles. The first-order valence-electron chi connectivity index (χ1n) is 5.90. The maximum absolute atomic E-state index is 12.5. The number of hydrogen-bond donors (Lipinski definition) is 1. The highest BCUT2D eigenvalue weighted by molar-refractivity contribution is 7.99. The number of thioether (sulfide) groups is 1. The average Bonchev–Trinajstić information content (AvgIpc) is 2.37. The third kappa shape index (κ3) is 3.80. The smallest absolute Gasteiger partial charge is 0.370 e. The van der Waals surface area contributed by atoms with Crippen LogP contribution in [0.1, 0.15) is 18.4 Å². The molecular formula is C12H15F3N2S. The maximum atomic E-state index is 12.5. The summed E-state index contributed by atoms with van der Waals surface area (Å²) in [6.07, 6.45) is -0.865. The van der Waals surface area contributed by atoms with Gasteiger partial charge in [-0.15, -0.1) is 0 Å². The van der Waals surface area contributed by atoms with Crippen molar-refractivity contribution in [3.8, 4) is 0 Å². The number of pyridine rings is 1. The van der Waals surface area contributed by atoms with Gasteiger partial charge in [0.05, 0.1) is 5.56 Å². The topological polar surface area (TPSA) is 24.9 Å². The fourth-order valence-corrected chi connectivity index (χ4v) is 3.11. The van der Waals surface area contributed by atoms with E-state index in [4.69, 9.17) is 0 Å². The molecule has 1 aliphatic rings. The van der Waals surface area contributed by atoms with Crippen molar-refractivity contribution in [1.82, 2.24) is 4.98 Å². The van der Waals surface area contributed by atoms with E-state index >= 15 is 0 Å². The first-order chi connectivity index (χ1) is 8.55. The van der Waals surface area contributed by atoms with Crippen molar-refractivity contribution in [1.29, 1.82) is 0 Å². The number of nitrogens with zero attached hydrogens (tertiary/aromatic N) is 1. The van der Waals surface area contributed by atoms with Crippen molar-refractivity contribution in [2.75, 3.05) is 23.4 Å². The first-order valence-corrected chi connectivity index (χ1v) is 7.06. The molecule has 18 heavy (non-hydrogen) atoms. The molecule has 1 fully saturated rings. The van der Waals surface area contributed by atoms with Gasteiger partial charge >= 0.3 is 6.18 Å². The Kier molecular flexibility index (Phi) is 4.37.